The molecule has 0 radical (unpaired) electrons. The van der Waals surface area contributed by atoms with Crippen LogP contribution in [0.3, 0.4) is 0 Å². The quantitative estimate of drug-likeness (QED) is 0.657. The minimum Gasteiger partial charge on any atom is -0.247 e. The van der Waals surface area contributed by atoms with Crippen LogP contribution in [0.4, 0.5) is 4.39 Å². The average molecular weight is 163 g/mol. The zero-order chi connectivity index (χ0) is 8.97. The van der Waals surface area contributed by atoms with Gasteiger partial charge in [-0.3, -0.25) is 0 Å². The summed E-state index contributed by atoms with van der Waals surface area (Å²) < 4.78 is 12.6. The van der Waals surface area contributed by atoms with Crippen LogP contribution < -0.4 is 0 Å². The molecule has 1 unspecified atom stereocenters. The van der Waals surface area contributed by atoms with Crippen molar-refractivity contribution in [1.29, 1.82) is 5.26 Å². The molecule has 0 aromatic heterocycles. The first-order valence-electron chi connectivity index (χ1n) is 3.86. The Morgan fingerprint density at radius 1 is 1.50 bits per heavy atom. The Morgan fingerprint density at radius 2 is 2.17 bits per heavy atom. The normalized spacial score (nSPS) is 12.1. The summed E-state index contributed by atoms with van der Waals surface area (Å²) in [5.74, 6) is 0. The lowest BCUT2D eigenvalue weighted by Crippen LogP contribution is -2.00. The van der Waals surface area contributed by atoms with Gasteiger partial charge in [-0.05, 0) is 18.6 Å². The van der Waals surface area contributed by atoms with E-state index >= 15 is 0 Å². The molecule has 1 aromatic rings. The standard InChI is InChI=1S/C10H10FN/c1-8(11)6-9-4-2-3-5-10(9)7-12/h2-5,8H,6H2,1H3. The van der Waals surface area contributed by atoms with Gasteiger partial charge in [0.15, 0.2) is 0 Å². The largest absolute Gasteiger partial charge is 0.247 e. The number of nitrogens with zero attached hydrogens (tertiary/aromatic N) is 1. The summed E-state index contributed by atoms with van der Waals surface area (Å²) in [6, 6.07) is 9.13. The summed E-state index contributed by atoms with van der Waals surface area (Å²) in [5, 5.41) is 8.66. The Labute approximate surface area is 71.4 Å². The molecule has 0 amide bonds. The highest BCUT2D eigenvalue weighted by Gasteiger charge is 2.04. The summed E-state index contributed by atoms with van der Waals surface area (Å²) >= 11 is 0. The van der Waals surface area contributed by atoms with Crippen molar-refractivity contribution in [2.75, 3.05) is 0 Å². The van der Waals surface area contributed by atoms with Gasteiger partial charge in [-0.15, -0.1) is 0 Å². The summed E-state index contributed by atoms with van der Waals surface area (Å²) in [6.07, 6.45) is -0.566. The fraction of sp³-hybridized carbons (Fsp3) is 0.300. The van der Waals surface area contributed by atoms with Crippen molar-refractivity contribution in [2.24, 2.45) is 0 Å². The molecule has 1 nitrogen and oxygen atoms in total. The van der Waals surface area contributed by atoms with E-state index in [1.54, 1.807) is 18.2 Å². The first-order valence-corrected chi connectivity index (χ1v) is 3.86. The van der Waals surface area contributed by atoms with Gasteiger partial charge < -0.3 is 0 Å². The number of rotatable bonds is 2. The van der Waals surface area contributed by atoms with Gasteiger partial charge in [0.1, 0.15) is 6.17 Å². The van der Waals surface area contributed by atoms with Crippen LogP contribution in [0.15, 0.2) is 24.3 Å². The molecular formula is C10H10FN. The fourth-order valence-corrected chi connectivity index (χ4v) is 1.11. The predicted molar refractivity (Wildman–Crippen MR) is 45.4 cm³/mol. The molecule has 0 aliphatic heterocycles. The van der Waals surface area contributed by atoms with Crippen LogP contribution in [-0.4, -0.2) is 6.17 Å². The van der Waals surface area contributed by atoms with Crippen molar-refractivity contribution in [3.63, 3.8) is 0 Å². The molecular weight excluding hydrogens is 153 g/mol. The number of halogens is 1. The minimum atomic E-state index is -0.889. The number of hydrogen-bond acceptors (Lipinski definition) is 1. The lowest BCUT2D eigenvalue weighted by molar-refractivity contribution is 0.360. The molecule has 1 atom stereocenters. The van der Waals surface area contributed by atoms with Crippen LogP contribution in [0.5, 0.6) is 0 Å². The second-order valence-corrected chi connectivity index (χ2v) is 2.75. The van der Waals surface area contributed by atoms with E-state index in [2.05, 4.69) is 0 Å². The van der Waals surface area contributed by atoms with Gasteiger partial charge in [0, 0.05) is 6.42 Å². The van der Waals surface area contributed by atoms with Gasteiger partial charge in [-0.1, -0.05) is 18.2 Å². The van der Waals surface area contributed by atoms with Crippen molar-refractivity contribution in [3.8, 4) is 6.07 Å². The Bertz CT molecular complexity index is 299. The maximum atomic E-state index is 12.6. The summed E-state index contributed by atoms with van der Waals surface area (Å²) in [7, 11) is 0. The molecule has 0 N–H and O–H groups in total. The molecule has 0 aliphatic carbocycles. The molecule has 0 spiro atoms. The number of alkyl halides is 1. The van der Waals surface area contributed by atoms with Crippen LogP contribution in [0, 0.1) is 11.3 Å². The minimum absolute atomic E-state index is 0.323. The molecule has 0 saturated carbocycles. The van der Waals surface area contributed by atoms with E-state index in [1.165, 1.54) is 6.92 Å². The lowest BCUT2D eigenvalue weighted by atomic mass is 10.0. The van der Waals surface area contributed by atoms with Crippen LogP contribution >= 0.6 is 0 Å². The number of hydrogen-bond donors (Lipinski definition) is 0. The smallest absolute Gasteiger partial charge is 0.101 e. The monoisotopic (exact) mass is 163 g/mol. The van der Waals surface area contributed by atoms with Gasteiger partial charge in [-0.2, -0.15) is 5.26 Å². The molecule has 0 fully saturated rings. The molecule has 2 heteroatoms. The highest BCUT2D eigenvalue weighted by atomic mass is 19.1. The molecule has 12 heavy (non-hydrogen) atoms. The maximum absolute atomic E-state index is 12.6. The van der Waals surface area contributed by atoms with E-state index in [-0.39, 0.29) is 0 Å². The van der Waals surface area contributed by atoms with Gasteiger partial charge in [-0.25, -0.2) is 4.39 Å². The first kappa shape index (κ1) is 8.73. The molecule has 62 valence electrons. The SMILES string of the molecule is CC(F)Cc1ccccc1C#N. The van der Waals surface area contributed by atoms with E-state index in [0.29, 0.717) is 12.0 Å². The highest BCUT2D eigenvalue weighted by molar-refractivity contribution is 5.37. The third kappa shape index (κ3) is 2.06. The summed E-state index contributed by atoms with van der Waals surface area (Å²) in [4.78, 5) is 0. The third-order valence-electron chi connectivity index (χ3n) is 1.64. The lowest BCUT2D eigenvalue weighted by Gasteiger charge is -2.03. The van der Waals surface area contributed by atoms with Crippen molar-refractivity contribution in [3.05, 3.63) is 35.4 Å². The average Bonchev–Trinajstić information content (AvgIpc) is 2.04. The van der Waals surface area contributed by atoms with E-state index in [0.717, 1.165) is 5.56 Å². The summed E-state index contributed by atoms with van der Waals surface area (Å²) in [6.45, 7) is 1.49. The van der Waals surface area contributed by atoms with Crippen molar-refractivity contribution in [2.45, 2.75) is 19.5 Å². The van der Waals surface area contributed by atoms with E-state index in [9.17, 15) is 4.39 Å². The predicted octanol–water partition coefficient (Wildman–Crippen LogP) is 2.46. The van der Waals surface area contributed by atoms with Gasteiger partial charge in [0.25, 0.3) is 0 Å². The second-order valence-electron chi connectivity index (χ2n) is 2.75. The maximum Gasteiger partial charge on any atom is 0.101 e. The molecule has 0 saturated heterocycles. The third-order valence-corrected chi connectivity index (χ3v) is 1.64. The molecule has 1 aromatic carbocycles. The Morgan fingerprint density at radius 3 is 2.75 bits per heavy atom. The molecule has 0 heterocycles. The van der Waals surface area contributed by atoms with Gasteiger partial charge >= 0.3 is 0 Å². The zero-order valence-electron chi connectivity index (χ0n) is 6.92. The number of benzene rings is 1. The Kier molecular flexibility index (Phi) is 2.82. The fourth-order valence-electron chi connectivity index (χ4n) is 1.11. The van der Waals surface area contributed by atoms with Crippen LogP contribution in [-0.2, 0) is 6.42 Å². The highest BCUT2D eigenvalue weighted by Crippen LogP contribution is 2.10. The number of nitriles is 1. The Balaban J connectivity index is 2.91. The van der Waals surface area contributed by atoms with Crippen molar-refractivity contribution < 1.29 is 4.39 Å². The van der Waals surface area contributed by atoms with Crippen LogP contribution in [0.2, 0.25) is 0 Å². The van der Waals surface area contributed by atoms with E-state index in [4.69, 9.17) is 5.26 Å². The molecule has 0 aliphatic rings. The Hall–Kier alpha value is -1.36. The van der Waals surface area contributed by atoms with Crippen LogP contribution in [0.1, 0.15) is 18.1 Å². The molecule has 0 bridgehead atoms. The summed E-state index contributed by atoms with van der Waals surface area (Å²) in [5.41, 5.74) is 1.36. The van der Waals surface area contributed by atoms with E-state index in [1.807, 2.05) is 12.1 Å². The second kappa shape index (κ2) is 3.87. The first-order chi connectivity index (χ1) is 5.74. The van der Waals surface area contributed by atoms with Crippen LogP contribution in [0.25, 0.3) is 0 Å². The van der Waals surface area contributed by atoms with Gasteiger partial charge in [0.2, 0.25) is 0 Å². The topological polar surface area (TPSA) is 23.8 Å². The van der Waals surface area contributed by atoms with Crippen molar-refractivity contribution >= 4 is 0 Å². The van der Waals surface area contributed by atoms with E-state index < -0.39 is 6.17 Å². The molecule has 1 rings (SSSR count). The van der Waals surface area contributed by atoms with Crippen molar-refractivity contribution in [1.82, 2.24) is 0 Å². The van der Waals surface area contributed by atoms with Gasteiger partial charge in [0.05, 0.1) is 11.6 Å². The zero-order valence-corrected chi connectivity index (χ0v) is 6.92.